The number of allylic oxidation sites excluding steroid dienone is 2. The number of rotatable bonds is 32. The van der Waals surface area contributed by atoms with Gasteiger partial charge < -0.3 is 34.3 Å². The minimum absolute atomic E-state index is 0.0347. The van der Waals surface area contributed by atoms with Crippen molar-refractivity contribution < 1.29 is 56.2 Å². The number of hydrogen-bond acceptors (Lipinski definition) is 11. The predicted octanol–water partition coefficient (Wildman–Crippen LogP) is 6.35. The van der Waals surface area contributed by atoms with Crippen LogP contribution in [0.2, 0.25) is 0 Å². The Morgan fingerprint density at radius 2 is 1.29 bits per heavy atom. The SMILES string of the molecule is CCCCCCCCC/C=C\CCCCCCCC(=O)OC(COCCCCCCCC)COC1OC(CO)C(O)C(OS(=O)(=O)O)C1O. The maximum absolute atomic E-state index is 12.7. The molecule has 1 fully saturated rings. The van der Waals surface area contributed by atoms with Crippen molar-refractivity contribution in [3.8, 4) is 0 Å². The molecule has 13 heteroatoms. The zero-order valence-corrected chi connectivity index (χ0v) is 31.1. The summed E-state index contributed by atoms with van der Waals surface area (Å²) >= 11 is 0. The van der Waals surface area contributed by atoms with Gasteiger partial charge in [0.15, 0.2) is 6.29 Å². The fourth-order valence-corrected chi connectivity index (χ4v) is 6.23. The Morgan fingerprint density at radius 3 is 1.84 bits per heavy atom. The summed E-state index contributed by atoms with van der Waals surface area (Å²) < 4.78 is 58.5. The lowest BCUT2D eigenvalue weighted by atomic mass is 9.99. The molecule has 6 atom stereocenters. The van der Waals surface area contributed by atoms with Crippen LogP contribution in [0.15, 0.2) is 12.2 Å². The Morgan fingerprint density at radius 1 is 0.755 bits per heavy atom. The van der Waals surface area contributed by atoms with E-state index in [1.807, 2.05) is 0 Å². The van der Waals surface area contributed by atoms with Crippen LogP contribution in [-0.4, -0.2) is 97.5 Å². The number of unbranched alkanes of at least 4 members (excludes halogenated alkanes) is 17. The minimum atomic E-state index is -5.05. The summed E-state index contributed by atoms with van der Waals surface area (Å²) in [7, 11) is -5.05. The van der Waals surface area contributed by atoms with E-state index in [2.05, 4.69) is 30.2 Å². The molecule has 12 nitrogen and oxygen atoms in total. The number of aliphatic hydroxyl groups excluding tert-OH is 3. The second kappa shape index (κ2) is 29.4. The number of aliphatic hydroxyl groups is 3. The van der Waals surface area contributed by atoms with E-state index in [4.69, 9.17) is 23.5 Å². The Labute approximate surface area is 296 Å². The molecule has 1 rings (SSSR count). The molecule has 0 amide bonds. The molecule has 4 N–H and O–H groups in total. The molecule has 0 radical (unpaired) electrons. The highest BCUT2D eigenvalue weighted by molar-refractivity contribution is 7.80. The van der Waals surface area contributed by atoms with Gasteiger partial charge in [0.1, 0.15) is 30.5 Å². The molecule has 0 aliphatic carbocycles. The maximum atomic E-state index is 12.7. The highest BCUT2D eigenvalue weighted by Crippen LogP contribution is 2.26. The van der Waals surface area contributed by atoms with Crippen molar-refractivity contribution in [3.63, 3.8) is 0 Å². The largest absolute Gasteiger partial charge is 0.457 e. The van der Waals surface area contributed by atoms with Gasteiger partial charge in [-0.3, -0.25) is 9.35 Å². The maximum Gasteiger partial charge on any atom is 0.397 e. The van der Waals surface area contributed by atoms with Gasteiger partial charge in [-0.05, 0) is 38.5 Å². The Hall–Kier alpha value is -1.16. The van der Waals surface area contributed by atoms with E-state index < -0.39 is 59.8 Å². The Bertz CT molecular complexity index is 931. The second-order valence-electron chi connectivity index (χ2n) is 13.2. The van der Waals surface area contributed by atoms with Gasteiger partial charge in [0, 0.05) is 13.0 Å². The first kappa shape index (κ1) is 45.9. The molecule has 0 aromatic heterocycles. The van der Waals surface area contributed by atoms with Crippen LogP contribution in [0.3, 0.4) is 0 Å². The van der Waals surface area contributed by atoms with E-state index in [-0.39, 0.29) is 19.6 Å². The number of carbonyl (C=O) groups excluding carboxylic acids is 1. The first-order valence-electron chi connectivity index (χ1n) is 18.9. The van der Waals surface area contributed by atoms with Crippen molar-refractivity contribution >= 4 is 16.4 Å². The molecule has 1 saturated heterocycles. The quantitative estimate of drug-likeness (QED) is 0.0262. The zero-order chi connectivity index (χ0) is 36.2. The highest BCUT2D eigenvalue weighted by atomic mass is 32.3. The van der Waals surface area contributed by atoms with Crippen molar-refractivity contribution in [3.05, 3.63) is 12.2 Å². The molecule has 1 aliphatic heterocycles. The summed E-state index contributed by atoms with van der Waals surface area (Å²) in [5, 5.41) is 30.4. The summed E-state index contributed by atoms with van der Waals surface area (Å²) in [6.45, 7) is 3.90. The van der Waals surface area contributed by atoms with Crippen molar-refractivity contribution in [2.24, 2.45) is 0 Å². The van der Waals surface area contributed by atoms with Crippen molar-refractivity contribution in [1.29, 1.82) is 0 Å². The van der Waals surface area contributed by atoms with Crippen molar-refractivity contribution in [2.45, 2.75) is 185 Å². The van der Waals surface area contributed by atoms with Gasteiger partial charge in [-0.25, -0.2) is 4.18 Å². The van der Waals surface area contributed by atoms with E-state index in [1.54, 1.807) is 0 Å². The zero-order valence-electron chi connectivity index (χ0n) is 30.3. The van der Waals surface area contributed by atoms with Crippen LogP contribution < -0.4 is 0 Å². The monoisotopic (exact) mass is 724 g/mol. The van der Waals surface area contributed by atoms with Gasteiger partial charge >= 0.3 is 16.4 Å². The molecule has 1 heterocycles. The molecule has 0 aromatic carbocycles. The molecule has 0 saturated carbocycles. The number of carbonyl (C=O) groups is 1. The third kappa shape index (κ3) is 23.8. The summed E-state index contributed by atoms with van der Waals surface area (Å²) in [5.41, 5.74) is 0. The van der Waals surface area contributed by atoms with E-state index >= 15 is 0 Å². The first-order valence-corrected chi connectivity index (χ1v) is 20.3. The normalized spacial score (nSPS) is 22.1. The fraction of sp³-hybridized carbons (Fsp3) is 0.917. The van der Waals surface area contributed by atoms with Crippen LogP contribution in [0.1, 0.15) is 149 Å². The molecule has 6 unspecified atom stereocenters. The van der Waals surface area contributed by atoms with Crippen LogP contribution in [-0.2, 0) is 38.3 Å². The predicted molar refractivity (Wildman–Crippen MR) is 188 cm³/mol. The smallest absolute Gasteiger partial charge is 0.397 e. The van der Waals surface area contributed by atoms with E-state index in [0.717, 1.165) is 57.8 Å². The van der Waals surface area contributed by atoms with Gasteiger partial charge in [0.25, 0.3) is 0 Å². The van der Waals surface area contributed by atoms with E-state index in [0.29, 0.717) is 13.0 Å². The van der Waals surface area contributed by atoms with E-state index in [9.17, 15) is 28.5 Å². The standard InChI is InChI=1S/C36H68O12S/c1-3-5-7-9-11-12-13-14-15-16-17-18-19-20-21-23-25-32(38)46-30(28-44-26-24-22-10-8-6-4-2)29-45-36-34(40)35(48-49(41,42)43)33(39)31(27-37)47-36/h15-16,30-31,33-37,39-40H,3-14,17-29H2,1-2H3,(H,41,42,43)/b16-15-. The third-order valence-electron chi connectivity index (χ3n) is 8.64. The molecule has 290 valence electrons. The van der Waals surface area contributed by atoms with Gasteiger partial charge in [0.2, 0.25) is 0 Å². The molecular formula is C36H68O12S. The topological polar surface area (TPSA) is 178 Å². The fourth-order valence-electron chi connectivity index (χ4n) is 5.72. The van der Waals surface area contributed by atoms with Crippen LogP contribution in [0, 0.1) is 0 Å². The number of ether oxygens (including phenoxy) is 4. The lowest BCUT2D eigenvalue weighted by Crippen LogP contribution is -2.60. The highest BCUT2D eigenvalue weighted by Gasteiger charge is 2.48. The molecule has 0 aromatic rings. The summed E-state index contributed by atoms with van der Waals surface area (Å²) in [5.74, 6) is -0.411. The summed E-state index contributed by atoms with van der Waals surface area (Å²) in [6, 6.07) is 0. The Balaban J connectivity index is 2.45. The van der Waals surface area contributed by atoms with Crippen LogP contribution >= 0.6 is 0 Å². The lowest BCUT2D eigenvalue weighted by Gasteiger charge is -2.41. The summed E-state index contributed by atoms with van der Waals surface area (Å²) in [6.07, 6.45) is 18.6. The first-order chi connectivity index (χ1) is 23.6. The molecule has 0 spiro atoms. The average molecular weight is 725 g/mol. The Kier molecular flexibility index (Phi) is 27.5. The van der Waals surface area contributed by atoms with Crippen LogP contribution in [0.25, 0.3) is 0 Å². The van der Waals surface area contributed by atoms with Gasteiger partial charge in [-0.15, -0.1) is 0 Å². The molecular weight excluding hydrogens is 656 g/mol. The molecule has 1 aliphatic rings. The van der Waals surface area contributed by atoms with Crippen molar-refractivity contribution in [2.75, 3.05) is 26.4 Å². The van der Waals surface area contributed by atoms with Gasteiger partial charge in [-0.2, -0.15) is 8.42 Å². The second-order valence-corrected chi connectivity index (χ2v) is 14.2. The van der Waals surface area contributed by atoms with Crippen molar-refractivity contribution in [1.82, 2.24) is 0 Å². The molecule has 49 heavy (non-hydrogen) atoms. The number of esters is 1. The summed E-state index contributed by atoms with van der Waals surface area (Å²) in [4.78, 5) is 12.7. The van der Waals surface area contributed by atoms with Crippen LogP contribution in [0.5, 0.6) is 0 Å². The molecule has 0 bridgehead atoms. The number of hydrogen-bond donors (Lipinski definition) is 4. The lowest BCUT2D eigenvalue weighted by molar-refractivity contribution is -0.301. The minimum Gasteiger partial charge on any atom is -0.457 e. The van der Waals surface area contributed by atoms with Crippen LogP contribution in [0.4, 0.5) is 0 Å². The third-order valence-corrected chi connectivity index (χ3v) is 9.10. The van der Waals surface area contributed by atoms with E-state index in [1.165, 1.54) is 64.2 Å². The average Bonchev–Trinajstić information content (AvgIpc) is 3.06. The van der Waals surface area contributed by atoms with Gasteiger partial charge in [0.05, 0.1) is 19.8 Å². The van der Waals surface area contributed by atoms with Gasteiger partial charge in [-0.1, -0.05) is 116 Å².